The molecule has 370 valence electrons. The van der Waals surface area contributed by atoms with Gasteiger partial charge in [-0.3, -0.25) is 0 Å². The number of anilines is 4. The third-order valence-electron chi connectivity index (χ3n) is 14.7. The molecule has 1 fully saturated rings. The molecule has 13 rings (SSSR count). The van der Waals surface area contributed by atoms with Crippen LogP contribution in [0.5, 0.6) is 11.5 Å². The van der Waals surface area contributed by atoms with E-state index in [1.807, 2.05) is 59.2 Å². The number of rotatable bonds is 10. The summed E-state index contributed by atoms with van der Waals surface area (Å²) in [6.07, 6.45) is -1.23. The van der Waals surface area contributed by atoms with Crippen molar-refractivity contribution >= 4 is 44.6 Å². The van der Waals surface area contributed by atoms with Crippen LogP contribution in [0.15, 0.2) is 212 Å². The van der Waals surface area contributed by atoms with Crippen molar-refractivity contribution in [2.45, 2.75) is 58.2 Å². The number of fused-ring (bicyclic) bond motifs is 4. The average molecular weight is 1160 g/mol. The quantitative estimate of drug-likeness (QED) is 0.128. The molecule has 0 N–H and O–H groups in total. The predicted molar refractivity (Wildman–Crippen MR) is 305 cm³/mol. The fourth-order valence-corrected chi connectivity index (χ4v) is 11.5. The van der Waals surface area contributed by atoms with Crippen LogP contribution in [0.1, 0.15) is 65.3 Å². The Bertz CT molecular complexity index is 3990. The molecule has 9 aromatic carbocycles. The zero-order chi connectivity index (χ0) is 53.3. The average Bonchev–Trinajstić information content (AvgIpc) is 3.70. The number of aromatic nitrogens is 2. The molecule has 1 aliphatic carbocycles. The van der Waals surface area contributed by atoms with E-state index in [1.165, 1.54) is 5.56 Å². The zero-order valence-electron chi connectivity index (χ0n) is 45.9. The molecule has 0 bridgehead atoms. The Labute approximate surface area is 460 Å². The molecule has 75 heavy (non-hydrogen) atoms. The van der Waals surface area contributed by atoms with Gasteiger partial charge in [0.15, 0.2) is 0 Å². The van der Waals surface area contributed by atoms with Gasteiger partial charge in [-0.25, -0.2) is 4.98 Å². The van der Waals surface area contributed by atoms with Crippen LogP contribution in [0, 0.1) is 39.6 Å². The van der Waals surface area contributed by atoms with Crippen molar-refractivity contribution in [3.05, 3.63) is 259 Å². The maximum atomic E-state index is 9.61. The monoisotopic (exact) mass is 1150 g/mol. The molecule has 3 heterocycles. The minimum Gasteiger partial charge on any atom is -0.509 e. The third kappa shape index (κ3) is 8.63. The van der Waals surface area contributed by atoms with E-state index in [0.717, 1.165) is 83.5 Å². The molecule has 5 nitrogen and oxygen atoms in total. The van der Waals surface area contributed by atoms with Crippen LogP contribution in [0.2, 0.25) is 0 Å². The van der Waals surface area contributed by atoms with Crippen LogP contribution in [-0.2, 0) is 26.5 Å². The summed E-state index contributed by atoms with van der Waals surface area (Å²) in [6, 6.07) is 77.5. The van der Waals surface area contributed by atoms with Gasteiger partial charge in [-0.1, -0.05) is 182 Å². The van der Waals surface area contributed by atoms with Crippen LogP contribution < -0.4 is 14.5 Å². The Hall–Kier alpha value is -7.98. The zero-order valence-corrected chi connectivity index (χ0v) is 44.2. The molecule has 11 aromatic rings. The van der Waals surface area contributed by atoms with E-state index in [-0.39, 0.29) is 33.9 Å². The topological polar surface area (TPSA) is 33.5 Å². The smallest absolute Gasteiger partial charge is 0.135 e. The van der Waals surface area contributed by atoms with Crippen molar-refractivity contribution in [2.75, 3.05) is 9.80 Å². The summed E-state index contributed by atoms with van der Waals surface area (Å²) < 4.78 is 47.5. The maximum Gasteiger partial charge on any atom is 0.135 e. The Morgan fingerprint density at radius 1 is 0.547 bits per heavy atom. The third-order valence-corrected chi connectivity index (χ3v) is 14.7. The van der Waals surface area contributed by atoms with Crippen LogP contribution in [0.25, 0.3) is 61.0 Å². The molecule has 0 radical (unpaired) electrons. The molecule has 0 amide bonds. The normalized spacial score (nSPS) is 16.1. The Morgan fingerprint density at radius 2 is 1.17 bits per heavy atom. The van der Waals surface area contributed by atoms with Crippen molar-refractivity contribution in [3.8, 4) is 50.7 Å². The minimum absolute atomic E-state index is 0. The molecule has 1 saturated carbocycles. The van der Waals surface area contributed by atoms with Crippen molar-refractivity contribution in [3.63, 3.8) is 0 Å². The molecule has 0 unspecified atom stereocenters. The van der Waals surface area contributed by atoms with Gasteiger partial charge < -0.3 is 19.1 Å². The van der Waals surface area contributed by atoms with Gasteiger partial charge in [-0.05, 0) is 108 Å². The number of hydrogen-bond donors (Lipinski definition) is 0. The molecule has 0 atom stereocenters. The molecular weight excluding hydrogens is 1100 g/mol. The number of benzene rings is 9. The van der Waals surface area contributed by atoms with E-state index in [2.05, 4.69) is 195 Å². The largest absolute Gasteiger partial charge is 0.509 e. The molecular formula is C69H55N4OPt-3. The standard InChI is InChI=1S/C69H55N4O.Pt/c1-47-39-48(2)67(49(3)40-47)52-41-55(71-46-72(64-32-17-16-31-63(64)71)68-58(50-21-8-4-9-22-50)28-20-29-59(68)51-23-10-5-11-24-51)44-57(42-52)74-56-33-34-61-60-27-14-15-30-62(60)73(65(61)45-56)66-43-54(35-38-70-66)69(36-18-7-19-37-69)53-25-12-6-13-26-53;/h4-6,8-17,20-35,38-43,46H,7,18-19,36-37H2,1-3H3;/q-3;/i36D2,37D2;. The molecule has 0 saturated heterocycles. The molecule has 2 aromatic heterocycles. The van der Waals surface area contributed by atoms with Gasteiger partial charge in [0.25, 0.3) is 0 Å². The minimum atomic E-state index is -1.91. The van der Waals surface area contributed by atoms with Crippen molar-refractivity contribution in [2.24, 2.45) is 0 Å². The first-order chi connectivity index (χ1) is 37.9. The second-order valence-corrected chi connectivity index (χ2v) is 19.4. The Kier molecular flexibility index (Phi) is 11.6. The summed E-state index contributed by atoms with van der Waals surface area (Å²) in [5.74, 6) is 1.50. The van der Waals surface area contributed by atoms with Crippen molar-refractivity contribution in [1.29, 1.82) is 0 Å². The molecule has 0 spiro atoms. The van der Waals surface area contributed by atoms with Crippen LogP contribution in [-0.4, -0.2) is 9.55 Å². The second-order valence-electron chi connectivity index (χ2n) is 19.4. The van der Waals surface area contributed by atoms with Gasteiger partial charge in [0.2, 0.25) is 0 Å². The van der Waals surface area contributed by atoms with Crippen LogP contribution >= 0.6 is 0 Å². The maximum absolute atomic E-state index is 9.61. The van der Waals surface area contributed by atoms with Crippen LogP contribution in [0.4, 0.5) is 22.7 Å². The van der Waals surface area contributed by atoms with E-state index >= 15 is 0 Å². The SMILES string of the molecule is [2H]C1([2H])CCCC([2H])([2H])C1(c1ccccc1)c1ccnc(-n2c3[c-]c(Oc4[c-]c(N5[CH-]N(c6c(-c7ccccc7)cccc6-c6ccccc6)c6ccccc65)cc(-c5c(C)cc(C)cc5C)c4)ccc3c3ccccc32)c1.[Pt]. The summed E-state index contributed by atoms with van der Waals surface area (Å²) in [5, 5.41) is 1.92. The van der Waals surface area contributed by atoms with Crippen molar-refractivity contribution in [1.82, 2.24) is 9.55 Å². The summed E-state index contributed by atoms with van der Waals surface area (Å²) in [7, 11) is 0. The van der Waals surface area contributed by atoms with Gasteiger partial charge >= 0.3 is 0 Å². The summed E-state index contributed by atoms with van der Waals surface area (Å²) in [6.45, 7) is 8.64. The van der Waals surface area contributed by atoms with Gasteiger partial charge in [0.1, 0.15) is 5.82 Å². The Morgan fingerprint density at radius 3 is 1.87 bits per heavy atom. The van der Waals surface area contributed by atoms with Gasteiger partial charge in [-0.2, -0.15) is 6.07 Å². The fraction of sp³-hybridized carbons (Fsp3) is 0.130. The first-order valence-corrected chi connectivity index (χ1v) is 25.5. The number of hydrogen-bond acceptors (Lipinski definition) is 4. The van der Waals surface area contributed by atoms with E-state index in [0.29, 0.717) is 40.4 Å². The Balaban J connectivity index is 0.00000623. The number of para-hydroxylation sites is 4. The van der Waals surface area contributed by atoms with Gasteiger partial charge in [0.05, 0.1) is 0 Å². The summed E-state index contributed by atoms with van der Waals surface area (Å²) >= 11 is 0. The first-order valence-electron chi connectivity index (χ1n) is 27.5. The summed E-state index contributed by atoms with van der Waals surface area (Å²) in [5.41, 5.74) is 15.1. The first kappa shape index (κ1) is 43.4. The summed E-state index contributed by atoms with van der Waals surface area (Å²) in [4.78, 5) is 9.49. The fourth-order valence-electron chi connectivity index (χ4n) is 11.5. The molecule has 1 aliphatic heterocycles. The van der Waals surface area contributed by atoms with Gasteiger partial charge in [0, 0.05) is 83.4 Å². The second kappa shape index (κ2) is 20.0. The van der Waals surface area contributed by atoms with E-state index < -0.39 is 18.2 Å². The van der Waals surface area contributed by atoms with Gasteiger partial charge in [-0.15, -0.1) is 53.6 Å². The number of pyridine rings is 1. The van der Waals surface area contributed by atoms with E-state index in [9.17, 15) is 5.48 Å². The van der Waals surface area contributed by atoms with Crippen LogP contribution in [0.3, 0.4) is 0 Å². The predicted octanol–water partition coefficient (Wildman–Crippen LogP) is 18.2. The van der Waals surface area contributed by atoms with E-state index in [1.54, 1.807) is 12.3 Å². The number of nitrogens with zero attached hydrogens (tertiary/aromatic N) is 4. The van der Waals surface area contributed by atoms with E-state index in [4.69, 9.17) is 9.72 Å². The molecule has 2 aliphatic rings. The molecule has 6 heteroatoms. The number of aryl methyl sites for hydroxylation is 3. The number of ether oxygens (including phenoxy) is 1. The van der Waals surface area contributed by atoms with Crippen molar-refractivity contribution < 1.29 is 31.3 Å².